The molecule has 3 rings (SSSR count). The van der Waals surface area contributed by atoms with Crippen LogP contribution < -0.4 is 10.6 Å². The molecule has 1 atom stereocenters. The number of rotatable bonds is 6. The number of nitrogens with one attached hydrogen (secondary N) is 2. The maximum absolute atomic E-state index is 12.5. The molecular formula is C24H22N2O4. The van der Waals surface area contributed by atoms with Crippen LogP contribution in [0.4, 0.5) is 4.79 Å². The second-order valence-electron chi connectivity index (χ2n) is 6.59. The molecule has 6 heteroatoms. The maximum atomic E-state index is 12.5. The van der Waals surface area contributed by atoms with Crippen molar-refractivity contribution in [2.75, 3.05) is 7.05 Å². The van der Waals surface area contributed by atoms with Crippen LogP contribution in [0.5, 0.6) is 0 Å². The van der Waals surface area contributed by atoms with E-state index >= 15 is 0 Å². The van der Waals surface area contributed by atoms with Gasteiger partial charge in [-0.15, -0.1) is 0 Å². The number of ether oxygens (including phenoxy) is 1. The van der Waals surface area contributed by atoms with Gasteiger partial charge in [-0.2, -0.15) is 0 Å². The van der Waals surface area contributed by atoms with E-state index in [9.17, 15) is 14.4 Å². The number of esters is 1. The van der Waals surface area contributed by atoms with E-state index in [0.29, 0.717) is 5.56 Å². The second kappa shape index (κ2) is 10.0. The molecule has 0 saturated heterocycles. The van der Waals surface area contributed by atoms with E-state index in [1.54, 1.807) is 30.3 Å². The number of urea groups is 1. The van der Waals surface area contributed by atoms with Crippen molar-refractivity contribution in [3.63, 3.8) is 0 Å². The molecule has 0 heterocycles. The minimum absolute atomic E-state index is 0.00561. The largest absolute Gasteiger partial charge is 0.447 e. The van der Waals surface area contributed by atoms with Gasteiger partial charge in [-0.1, -0.05) is 84.9 Å². The average molecular weight is 402 g/mol. The first-order valence-corrected chi connectivity index (χ1v) is 9.48. The molecule has 0 fully saturated rings. The van der Waals surface area contributed by atoms with Crippen LogP contribution in [-0.4, -0.2) is 25.0 Å². The summed E-state index contributed by atoms with van der Waals surface area (Å²) in [6.07, 6.45) is -1.22. The predicted molar refractivity (Wildman–Crippen MR) is 113 cm³/mol. The maximum Gasteiger partial charge on any atom is 0.321 e. The average Bonchev–Trinajstić information content (AvgIpc) is 2.79. The zero-order chi connectivity index (χ0) is 21.3. The third-order valence-electron chi connectivity index (χ3n) is 4.46. The predicted octanol–water partition coefficient (Wildman–Crippen LogP) is 3.64. The van der Waals surface area contributed by atoms with Crippen LogP contribution in [0.25, 0.3) is 11.1 Å². The Morgan fingerprint density at radius 2 is 1.37 bits per heavy atom. The van der Waals surface area contributed by atoms with Crippen LogP contribution in [0.15, 0.2) is 84.9 Å². The van der Waals surface area contributed by atoms with Gasteiger partial charge in [0, 0.05) is 12.6 Å². The van der Waals surface area contributed by atoms with Gasteiger partial charge in [0.15, 0.2) is 0 Å². The zero-order valence-electron chi connectivity index (χ0n) is 16.5. The van der Waals surface area contributed by atoms with E-state index < -0.39 is 24.0 Å². The Labute approximate surface area is 174 Å². The van der Waals surface area contributed by atoms with Gasteiger partial charge in [-0.3, -0.25) is 14.9 Å². The quantitative estimate of drug-likeness (QED) is 0.617. The summed E-state index contributed by atoms with van der Waals surface area (Å²) in [4.78, 5) is 36.5. The molecule has 0 aliphatic carbocycles. The molecule has 30 heavy (non-hydrogen) atoms. The molecule has 3 aromatic rings. The van der Waals surface area contributed by atoms with Gasteiger partial charge < -0.3 is 10.1 Å². The third kappa shape index (κ3) is 5.54. The van der Waals surface area contributed by atoms with Gasteiger partial charge in [0.1, 0.15) is 0 Å². The second-order valence-corrected chi connectivity index (χ2v) is 6.59. The summed E-state index contributed by atoms with van der Waals surface area (Å²) in [5.41, 5.74) is 3.37. The number of imide groups is 1. The first kappa shape index (κ1) is 20.8. The van der Waals surface area contributed by atoms with Crippen molar-refractivity contribution in [2.45, 2.75) is 12.5 Å². The topological polar surface area (TPSA) is 84.5 Å². The lowest BCUT2D eigenvalue weighted by atomic mass is 10.0. The van der Waals surface area contributed by atoms with Crippen LogP contribution >= 0.6 is 0 Å². The molecule has 0 unspecified atom stereocenters. The molecule has 0 aromatic heterocycles. The molecule has 0 radical (unpaired) electrons. The van der Waals surface area contributed by atoms with Crippen LogP contribution in [0, 0.1) is 0 Å². The molecule has 152 valence electrons. The highest BCUT2D eigenvalue weighted by molar-refractivity contribution is 5.97. The van der Waals surface area contributed by atoms with E-state index in [1.165, 1.54) is 7.05 Å². The van der Waals surface area contributed by atoms with E-state index in [-0.39, 0.29) is 6.42 Å². The summed E-state index contributed by atoms with van der Waals surface area (Å²) in [6, 6.07) is 25.4. The first-order chi connectivity index (χ1) is 14.6. The summed E-state index contributed by atoms with van der Waals surface area (Å²) in [7, 11) is 1.39. The lowest BCUT2D eigenvalue weighted by Gasteiger charge is -2.17. The van der Waals surface area contributed by atoms with Crippen molar-refractivity contribution in [3.05, 3.63) is 96.1 Å². The SMILES string of the molecule is CNC(=O)NC(=O)[C@H](OC(=O)Cc1ccc(-c2ccccc2)cc1)c1ccccc1. The fourth-order valence-corrected chi connectivity index (χ4v) is 2.93. The van der Waals surface area contributed by atoms with Gasteiger partial charge in [0.2, 0.25) is 6.10 Å². The Hall–Kier alpha value is -3.93. The van der Waals surface area contributed by atoms with Gasteiger partial charge >= 0.3 is 12.0 Å². The van der Waals surface area contributed by atoms with Crippen LogP contribution in [-0.2, 0) is 20.7 Å². The van der Waals surface area contributed by atoms with Crippen molar-refractivity contribution < 1.29 is 19.1 Å². The number of benzene rings is 3. The lowest BCUT2D eigenvalue weighted by Crippen LogP contribution is -2.41. The normalized spacial score (nSPS) is 11.2. The third-order valence-corrected chi connectivity index (χ3v) is 4.46. The van der Waals surface area contributed by atoms with Gasteiger partial charge in [0.05, 0.1) is 6.42 Å². The Morgan fingerprint density at radius 3 is 1.97 bits per heavy atom. The molecule has 0 saturated carbocycles. The lowest BCUT2D eigenvalue weighted by molar-refractivity contribution is -0.155. The number of carbonyl (C=O) groups excluding carboxylic acids is 3. The Bertz CT molecular complexity index is 1000. The van der Waals surface area contributed by atoms with E-state index in [0.717, 1.165) is 16.7 Å². The fourth-order valence-electron chi connectivity index (χ4n) is 2.93. The molecule has 0 aliphatic heterocycles. The summed E-state index contributed by atoms with van der Waals surface area (Å²) in [5.74, 6) is -1.28. The number of hydrogen-bond acceptors (Lipinski definition) is 4. The molecule has 2 N–H and O–H groups in total. The fraction of sp³-hybridized carbons (Fsp3) is 0.125. The molecule has 0 spiro atoms. The number of amides is 3. The summed E-state index contributed by atoms with van der Waals surface area (Å²) < 4.78 is 5.43. The monoisotopic (exact) mass is 402 g/mol. The van der Waals surface area contributed by atoms with Crippen molar-refractivity contribution >= 4 is 17.9 Å². The highest BCUT2D eigenvalue weighted by atomic mass is 16.5. The smallest absolute Gasteiger partial charge is 0.321 e. The Balaban J connectivity index is 1.69. The van der Waals surface area contributed by atoms with Crippen molar-refractivity contribution in [3.8, 4) is 11.1 Å². The van der Waals surface area contributed by atoms with E-state index in [4.69, 9.17) is 4.74 Å². The first-order valence-electron chi connectivity index (χ1n) is 9.48. The molecule has 3 aromatic carbocycles. The van der Waals surface area contributed by atoms with Crippen LogP contribution in [0.2, 0.25) is 0 Å². The molecular weight excluding hydrogens is 380 g/mol. The summed E-state index contributed by atoms with van der Waals surface area (Å²) in [5, 5.41) is 4.46. The standard InChI is InChI=1S/C24H22N2O4/c1-25-24(29)26-23(28)22(20-10-6-3-7-11-20)30-21(27)16-17-12-14-19(15-13-17)18-8-4-2-5-9-18/h2-15,22H,16H2,1H3,(H2,25,26,28,29)/t22-/m1/s1. The highest BCUT2D eigenvalue weighted by Gasteiger charge is 2.26. The molecule has 6 nitrogen and oxygen atoms in total. The van der Waals surface area contributed by atoms with Crippen molar-refractivity contribution in [1.29, 1.82) is 0 Å². The molecule has 3 amide bonds. The summed E-state index contributed by atoms with van der Waals surface area (Å²) >= 11 is 0. The van der Waals surface area contributed by atoms with Crippen molar-refractivity contribution in [1.82, 2.24) is 10.6 Å². The Morgan fingerprint density at radius 1 is 0.800 bits per heavy atom. The van der Waals surface area contributed by atoms with Gasteiger partial charge in [-0.25, -0.2) is 4.79 Å². The molecule has 0 bridgehead atoms. The van der Waals surface area contributed by atoms with Gasteiger partial charge in [0.25, 0.3) is 5.91 Å². The Kier molecular flexibility index (Phi) is 6.95. The highest BCUT2D eigenvalue weighted by Crippen LogP contribution is 2.21. The minimum Gasteiger partial charge on any atom is -0.447 e. The van der Waals surface area contributed by atoms with Crippen LogP contribution in [0.3, 0.4) is 0 Å². The van der Waals surface area contributed by atoms with Gasteiger partial charge in [-0.05, 0) is 16.7 Å². The van der Waals surface area contributed by atoms with Crippen LogP contribution in [0.1, 0.15) is 17.2 Å². The minimum atomic E-state index is -1.22. The number of carbonyl (C=O) groups is 3. The molecule has 0 aliphatic rings. The van der Waals surface area contributed by atoms with E-state index in [2.05, 4.69) is 10.6 Å². The van der Waals surface area contributed by atoms with E-state index in [1.807, 2.05) is 54.6 Å². The number of hydrogen-bond donors (Lipinski definition) is 2. The summed E-state index contributed by atoms with van der Waals surface area (Å²) in [6.45, 7) is 0. The zero-order valence-corrected chi connectivity index (χ0v) is 16.5. The van der Waals surface area contributed by atoms with Crippen molar-refractivity contribution in [2.24, 2.45) is 0 Å².